The molecule has 2 heterocycles. The Hall–Kier alpha value is -0.450. The molecule has 1 aliphatic rings. The fourth-order valence-corrected chi connectivity index (χ4v) is 3.41. The van der Waals surface area contributed by atoms with Gasteiger partial charge in [0, 0.05) is 44.9 Å². The minimum absolute atomic E-state index is 0. The van der Waals surface area contributed by atoms with Crippen molar-refractivity contribution in [3.63, 3.8) is 0 Å². The van der Waals surface area contributed by atoms with Crippen molar-refractivity contribution in [2.75, 3.05) is 40.0 Å². The molecule has 1 fully saturated rings. The quantitative estimate of drug-likeness (QED) is 0.258. The van der Waals surface area contributed by atoms with Crippen molar-refractivity contribution >= 4 is 41.3 Å². The first-order chi connectivity index (χ1) is 11.7. The molecule has 25 heavy (non-hydrogen) atoms. The Morgan fingerprint density at radius 2 is 2.08 bits per heavy atom. The first-order valence-electron chi connectivity index (χ1n) is 8.72. The molecule has 2 rings (SSSR count). The van der Waals surface area contributed by atoms with Gasteiger partial charge in [0.25, 0.3) is 0 Å². The first kappa shape index (κ1) is 22.6. The van der Waals surface area contributed by atoms with E-state index in [4.69, 9.17) is 9.47 Å². The third-order valence-corrected chi connectivity index (χ3v) is 5.23. The molecule has 8 heteroatoms. The van der Waals surface area contributed by atoms with Crippen LogP contribution in [0.2, 0.25) is 0 Å². The van der Waals surface area contributed by atoms with Crippen molar-refractivity contribution in [1.29, 1.82) is 0 Å². The van der Waals surface area contributed by atoms with Crippen LogP contribution in [0.4, 0.5) is 0 Å². The molecule has 0 radical (unpaired) electrons. The Bertz CT molecular complexity index is 499. The number of ether oxygens (including phenoxy) is 2. The third kappa shape index (κ3) is 8.65. The minimum Gasteiger partial charge on any atom is -0.381 e. The van der Waals surface area contributed by atoms with Gasteiger partial charge in [-0.25, -0.2) is 4.98 Å². The summed E-state index contributed by atoms with van der Waals surface area (Å²) < 4.78 is 11.1. The van der Waals surface area contributed by atoms with Gasteiger partial charge in [0.05, 0.1) is 12.2 Å². The van der Waals surface area contributed by atoms with E-state index in [2.05, 4.69) is 27.5 Å². The van der Waals surface area contributed by atoms with Crippen molar-refractivity contribution in [2.45, 2.75) is 39.7 Å². The van der Waals surface area contributed by atoms with E-state index in [1.807, 2.05) is 6.92 Å². The van der Waals surface area contributed by atoms with Gasteiger partial charge in [0.2, 0.25) is 0 Å². The number of rotatable bonds is 8. The number of aliphatic imine (C=N–C) groups is 1. The van der Waals surface area contributed by atoms with E-state index >= 15 is 0 Å². The molecule has 144 valence electrons. The number of hydrogen-bond donors (Lipinski definition) is 2. The number of thiazole rings is 1. The Morgan fingerprint density at radius 3 is 2.72 bits per heavy atom. The summed E-state index contributed by atoms with van der Waals surface area (Å²) in [5, 5.41) is 7.71. The predicted molar refractivity (Wildman–Crippen MR) is 114 cm³/mol. The molecule has 0 atom stereocenters. The van der Waals surface area contributed by atoms with Gasteiger partial charge in [-0.3, -0.25) is 4.99 Å². The number of nitrogens with zero attached hydrogens (tertiary/aromatic N) is 2. The van der Waals surface area contributed by atoms with Gasteiger partial charge in [0.1, 0.15) is 5.01 Å². The standard InChI is InChI=1S/C17H30N4O2S.HI/c1-13-14(2)24-16(21-13)11-20-17(18-3)19-7-4-8-23-12-15-5-9-22-10-6-15;/h15H,4-12H2,1-3H3,(H2,18,19,20);1H. The van der Waals surface area contributed by atoms with Crippen LogP contribution in [0.1, 0.15) is 34.8 Å². The zero-order valence-electron chi connectivity index (χ0n) is 15.5. The van der Waals surface area contributed by atoms with E-state index in [1.54, 1.807) is 18.4 Å². The molecule has 0 saturated carbocycles. The number of guanidine groups is 1. The van der Waals surface area contributed by atoms with E-state index in [9.17, 15) is 0 Å². The summed E-state index contributed by atoms with van der Waals surface area (Å²) in [4.78, 5) is 10.0. The molecule has 0 unspecified atom stereocenters. The maximum absolute atomic E-state index is 5.77. The average molecular weight is 482 g/mol. The van der Waals surface area contributed by atoms with Crippen molar-refractivity contribution in [1.82, 2.24) is 15.6 Å². The lowest BCUT2D eigenvalue weighted by atomic mass is 10.0. The van der Waals surface area contributed by atoms with Gasteiger partial charge in [-0.2, -0.15) is 0 Å². The lowest BCUT2D eigenvalue weighted by Crippen LogP contribution is -2.37. The minimum atomic E-state index is 0. The number of nitrogens with one attached hydrogen (secondary N) is 2. The zero-order valence-corrected chi connectivity index (χ0v) is 18.6. The molecular weight excluding hydrogens is 451 g/mol. The molecule has 0 aromatic carbocycles. The van der Waals surface area contributed by atoms with Crippen LogP contribution < -0.4 is 10.6 Å². The molecule has 0 aliphatic carbocycles. The van der Waals surface area contributed by atoms with E-state index in [1.165, 1.54) is 4.88 Å². The molecule has 1 aromatic rings. The number of aromatic nitrogens is 1. The Kier molecular flexibility index (Phi) is 11.6. The molecule has 6 nitrogen and oxygen atoms in total. The highest BCUT2D eigenvalue weighted by atomic mass is 127. The summed E-state index contributed by atoms with van der Waals surface area (Å²) in [6.45, 7) is 9.12. The van der Waals surface area contributed by atoms with Crippen LogP contribution in [-0.2, 0) is 16.0 Å². The molecule has 2 N–H and O–H groups in total. The second-order valence-electron chi connectivity index (χ2n) is 6.09. The number of hydrogen-bond acceptors (Lipinski definition) is 5. The summed E-state index contributed by atoms with van der Waals surface area (Å²) in [6.07, 6.45) is 3.23. The van der Waals surface area contributed by atoms with E-state index < -0.39 is 0 Å². The predicted octanol–water partition coefficient (Wildman–Crippen LogP) is 2.88. The van der Waals surface area contributed by atoms with Crippen LogP contribution in [-0.4, -0.2) is 51.0 Å². The lowest BCUT2D eigenvalue weighted by molar-refractivity contribution is 0.0203. The summed E-state index contributed by atoms with van der Waals surface area (Å²) >= 11 is 1.73. The monoisotopic (exact) mass is 482 g/mol. The van der Waals surface area contributed by atoms with Crippen molar-refractivity contribution < 1.29 is 9.47 Å². The Labute approximate surface area is 172 Å². The number of aryl methyl sites for hydroxylation is 2. The highest BCUT2D eigenvalue weighted by molar-refractivity contribution is 14.0. The molecule has 1 saturated heterocycles. The maximum Gasteiger partial charge on any atom is 0.191 e. The average Bonchev–Trinajstić information content (AvgIpc) is 2.92. The molecule has 0 bridgehead atoms. The van der Waals surface area contributed by atoms with E-state index in [-0.39, 0.29) is 24.0 Å². The fraction of sp³-hybridized carbons (Fsp3) is 0.765. The van der Waals surface area contributed by atoms with Gasteiger partial charge in [-0.1, -0.05) is 0 Å². The SMILES string of the molecule is CN=C(NCCCOCC1CCOCC1)NCc1nc(C)c(C)s1.I. The fourth-order valence-electron chi connectivity index (χ4n) is 2.54. The Morgan fingerprint density at radius 1 is 1.32 bits per heavy atom. The van der Waals surface area contributed by atoms with Gasteiger partial charge in [0.15, 0.2) is 5.96 Å². The summed E-state index contributed by atoms with van der Waals surface area (Å²) in [5.74, 6) is 1.48. The van der Waals surface area contributed by atoms with Gasteiger partial charge >= 0.3 is 0 Å². The normalized spacial score (nSPS) is 15.7. The lowest BCUT2D eigenvalue weighted by Gasteiger charge is -2.21. The van der Waals surface area contributed by atoms with Crippen LogP contribution in [0, 0.1) is 19.8 Å². The van der Waals surface area contributed by atoms with E-state index in [0.717, 1.165) is 68.9 Å². The largest absolute Gasteiger partial charge is 0.381 e. The van der Waals surface area contributed by atoms with Crippen LogP contribution >= 0.6 is 35.3 Å². The van der Waals surface area contributed by atoms with Crippen LogP contribution in [0.25, 0.3) is 0 Å². The second kappa shape index (κ2) is 12.8. The highest BCUT2D eigenvalue weighted by Crippen LogP contribution is 2.16. The van der Waals surface area contributed by atoms with Crippen LogP contribution in [0.15, 0.2) is 4.99 Å². The first-order valence-corrected chi connectivity index (χ1v) is 9.53. The smallest absolute Gasteiger partial charge is 0.191 e. The summed E-state index contributed by atoms with van der Waals surface area (Å²) in [6, 6.07) is 0. The molecule has 1 aromatic heterocycles. The van der Waals surface area contributed by atoms with Crippen LogP contribution in [0.5, 0.6) is 0 Å². The number of halogens is 1. The van der Waals surface area contributed by atoms with Crippen molar-refractivity contribution in [2.24, 2.45) is 10.9 Å². The summed E-state index contributed by atoms with van der Waals surface area (Å²) in [5.41, 5.74) is 1.11. The van der Waals surface area contributed by atoms with Gasteiger partial charge in [-0.15, -0.1) is 35.3 Å². The molecule has 1 aliphatic heterocycles. The van der Waals surface area contributed by atoms with E-state index in [0.29, 0.717) is 12.5 Å². The Balaban J connectivity index is 0.00000312. The maximum atomic E-state index is 5.77. The molecule has 0 amide bonds. The van der Waals surface area contributed by atoms with Gasteiger partial charge < -0.3 is 20.1 Å². The highest BCUT2D eigenvalue weighted by Gasteiger charge is 2.13. The van der Waals surface area contributed by atoms with Gasteiger partial charge in [-0.05, 0) is 39.0 Å². The second-order valence-corrected chi connectivity index (χ2v) is 7.37. The topological polar surface area (TPSA) is 67.8 Å². The van der Waals surface area contributed by atoms with Crippen molar-refractivity contribution in [3.05, 3.63) is 15.6 Å². The molecular formula is C17H31IN4O2S. The molecule has 0 spiro atoms. The zero-order chi connectivity index (χ0) is 17.2. The third-order valence-electron chi connectivity index (χ3n) is 4.16. The van der Waals surface area contributed by atoms with Crippen LogP contribution in [0.3, 0.4) is 0 Å². The summed E-state index contributed by atoms with van der Waals surface area (Å²) in [7, 11) is 1.79. The van der Waals surface area contributed by atoms with Crippen molar-refractivity contribution in [3.8, 4) is 0 Å².